The van der Waals surface area contributed by atoms with Crippen molar-refractivity contribution in [2.45, 2.75) is 26.0 Å². The average molecular weight is 221 g/mol. The van der Waals surface area contributed by atoms with Crippen LogP contribution in [-0.4, -0.2) is 49.8 Å². The zero-order valence-corrected chi connectivity index (χ0v) is 9.85. The topological polar surface area (TPSA) is 24.5 Å². The van der Waals surface area contributed by atoms with Crippen LogP contribution in [0.4, 0.5) is 0 Å². The Kier molecular flexibility index (Phi) is 4.64. The zero-order valence-electron chi connectivity index (χ0n) is 9.03. The van der Waals surface area contributed by atoms with Crippen LogP contribution in [0, 0.1) is 5.92 Å². The molecule has 0 aromatic rings. The van der Waals surface area contributed by atoms with Crippen molar-refractivity contribution in [1.29, 1.82) is 0 Å². The van der Waals surface area contributed by atoms with E-state index in [-0.39, 0.29) is 12.4 Å². The fourth-order valence-corrected chi connectivity index (χ4v) is 2.36. The van der Waals surface area contributed by atoms with Gasteiger partial charge in [-0.05, 0) is 5.92 Å². The summed E-state index contributed by atoms with van der Waals surface area (Å²) in [5, 5.41) is 3.40. The highest BCUT2D eigenvalue weighted by atomic mass is 35.5. The smallest absolute Gasteiger partial charge is 0.0867 e. The summed E-state index contributed by atoms with van der Waals surface area (Å²) in [6.07, 6.45) is 0.451. The highest BCUT2D eigenvalue weighted by Gasteiger charge is 2.35. The van der Waals surface area contributed by atoms with Crippen molar-refractivity contribution in [2.24, 2.45) is 5.92 Å². The van der Waals surface area contributed by atoms with Crippen LogP contribution in [0.2, 0.25) is 0 Å². The number of morpholine rings is 1. The van der Waals surface area contributed by atoms with Gasteiger partial charge in [0.05, 0.1) is 12.7 Å². The lowest BCUT2D eigenvalue weighted by Crippen LogP contribution is -2.51. The van der Waals surface area contributed by atoms with Gasteiger partial charge in [0.2, 0.25) is 0 Å². The van der Waals surface area contributed by atoms with Crippen molar-refractivity contribution < 1.29 is 4.74 Å². The van der Waals surface area contributed by atoms with Gasteiger partial charge in [-0.1, -0.05) is 13.8 Å². The van der Waals surface area contributed by atoms with Gasteiger partial charge < -0.3 is 10.1 Å². The van der Waals surface area contributed by atoms with E-state index in [4.69, 9.17) is 4.74 Å². The number of hydrogen-bond acceptors (Lipinski definition) is 3. The Labute approximate surface area is 92.6 Å². The van der Waals surface area contributed by atoms with E-state index in [1.54, 1.807) is 0 Å². The quantitative estimate of drug-likeness (QED) is 0.743. The fourth-order valence-electron chi connectivity index (χ4n) is 2.36. The van der Waals surface area contributed by atoms with Crippen LogP contribution in [0.15, 0.2) is 0 Å². The first-order valence-corrected chi connectivity index (χ1v) is 5.33. The van der Waals surface area contributed by atoms with Gasteiger partial charge in [-0.2, -0.15) is 0 Å². The normalized spacial score (nSPS) is 32.8. The number of ether oxygens (including phenoxy) is 1. The van der Waals surface area contributed by atoms with Crippen LogP contribution in [0.5, 0.6) is 0 Å². The van der Waals surface area contributed by atoms with E-state index < -0.39 is 0 Å². The third-order valence-corrected chi connectivity index (χ3v) is 2.91. The highest BCUT2D eigenvalue weighted by Crippen LogP contribution is 2.18. The SMILES string of the molecule is CC(C)CN1CCO[C@H]2CNC[C@H]21.Cl. The highest BCUT2D eigenvalue weighted by molar-refractivity contribution is 5.85. The summed E-state index contributed by atoms with van der Waals surface area (Å²) < 4.78 is 5.71. The first-order valence-electron chi connectivity index (χ1n) is 5.33. The van der Waals surface area contributed by atoms with E-state index in [2.05, 4.69) is 24.1 Å². The molecule has 2 heterocycles. The summed E-state index contributed by atoms with van der Waals surface area (Å²) in [5.41, 5.74) is 0. The molecule has 0 bridgehead atoms. The average Bonchev–Trinajstić information content (AvgIpc) is 2.51. The molecule has 0 aliphatic carbocycles. The van der Waals surface area contributed by atoms with E-state index in [0.717, 1.165) is 32.2 Å². The van der Waals surface area contributed by atoms with Crippen LogP contribution < -0.4 is 5.32 Å². The molecule has 0 spiro atoms. The third-order valence-electron chi connectivity index (χ3n) is 2.91. The Balaban J connectivity index is 0.000000980. The predicted octanol–water partition coefficient (Wildman–Crippen LogP) is 0.737. The van der Waals surface area contributed by atoms with E-state index in [1.807, 2.05) is 0 Å². The molecule has 0 radical (unpaired) electrons. The Bertz CT molecular complexity index is 178. The molecule has 3 nitrogen and oxygen atoms in total. The monoisotopic (exact) mass is 220 g/mol. The molecule has 2 saturated heterocycles. The van der Waals surface area contributed by atoms with Crippen LogP contribution in [-0.2, 0) is 4.74 Å². The molecule has 84 valence electrons. The number of nitrogens with one attached hydrogen (secondary N) is 1. The maximum Gasteiger partial charge on any atom is 0.0867 e. The van der Waals surface area contributed by atoms with Crippen molar-refractivity contribution in [3.05, 3.63) is 0 Å². The first-order chi connectivity index (χ1) is 6.27. The molecule has 0 unspecified atom stereocenters. The molecule has 0 amide bonds. The summed E-state index contributed by atoms with van der Waals surface area (Å²) in [6, 6.07) is 0.635. The van der Waals surface area contributed by atoms with E-state index in [9.17, 15) is 0 Å². The van der Waals surface area contributed by atoms with Gasteiger partial charge in [0.25, 0.3) is 0 Å². The molecule has 0 aromatic heterocycles. The largest absolute Gasteiger partial charge is 0.374 e. The summed E-state index contributed by atoms with van der Waals surface area (Å²) in [4.78, 5) is 2.58. The molecule has 0 saturated carbocycles. The number of fused-ring (bicyclic) bond motifs is 1. The van der Waals surface area contributed by atoms with Crippen molar-refractivity contribution in [1.82, 2.24) is 10.2 Å². The number of hydrogen-bond donors (Lipinski definition) is 1. The summed E-state index contributed by atoms with van der Waals surface area (Å²) in [6.45, 7) is 9.96. The predicted molar refractivity (Wildman–Crippen MR) is 60.1 cm³/mol. The van der Waals surface area contributed by atoms with Crippen molar-refractivity contribution in [3.63, 3.8) is 0 Å². The van der Waals surface area contributed by atoms with Crippen molar-refractivity contribution >= 4 is 12.4 Å². The molecule has 1 N–H and O–H groups in total. The van der Waals surface area contributed by atoms with Crippen molar-refractivity contribution in [2.75, 3.05) is 32.8 Å². The number of halogens is 1. The molecule has 2 aliphatic heterocycles. The van der Waals surface area contributed by atoms with Gasteiger partial charge in [-0.3, -0.25) is 4.90 Å². The Morgan fingerprint density at radius 2 is 2.21 bits per heavy atom. The summed E-state index contributed by atoms with van der Waals surface area (Å²) >= 11 is 0. The van der Waals surface area contributed by atoms with Gasteiger partial charge in [0.15, 0.2) is 0 Å². The van der Waals surface area contributed by atoms with E-state index in [0.29, 0.717) is 12.1 Å². The molecule has 2 atom stereocenters. The lowest BCUT2D eigenvalue weighted by molar-refractivity contribution is -0.0501. The standard InChI is InChI=1S/C10H20N2O.ClH/c1-8(2)7-12-3-4-13-10-6-11-5-9(10)12;/h8-11H,3-7H2,1-2H3;1H/t9-,10+;/m1./s1. The van der Waals surface area contributed by atoms with Crippen LogP contribution in [0.1, 0.15) is 13.8 Å². The Morgan fingerprint density at radius 3 is 2.93 bits per heavy atom. The van der Waals surface area contributed by atoms with Crippen molar-refractivity contribution in [3.8, 4) is 0 Å². The van der Waals surface area contributed by atoms with Gasteiger partial charge in [0, 0.05) is 32.2 Å². The fraction of sp³-hybridized carbons (Fsp3) is 1.00. The molecule has 2 aliphatic rings. The molecule has 14 heavy (non-hydrogen) atoms. The molecule has 2 fully saturated rings. The van der Waals surface area contributed by atoms with Gasteiger partial charge in [0.1, 0.15) is 0 Å². The Hall–Kier alpha value is 0.170. The van der Waals surface area contributed by atoms with Gasteiger partial charge in [-0.25, -0.2) is 0 Å². The number of rotatable bonds is 2. The van der Waals surface area contributed by atoms with Crippen LogP contribution in [0.3, 0.4) is 0 Å². The third kappa shape index (κ3) is 2.60. The minimum absolute atomic E-state index is 0. The van der Waals surface area contributed by atoms with Crippen LogP contribution in [0.25, 0.3) is 0 Å². The molecular formula is C10H21ClN2O. The molecular weight excluding hydrogens is 200 g/mol. The second-order valence-corrected chi connectivity index (χ2v) is 4.52. The van der Waals surface area contributed by atoms with E-state index >= 15 is 0 Å². The second-order valence-electron chi connectivity index (χ2n) is 4.52. The van der Waals surface area contributed by atoms with Gasteiger partial charge >= 0.3 is 0 Å². The van der Waals surface area contributed by atoms with Crippen LogP contribution >= 0.6 is 12.4 Å². The lowest BCUT2D eigenvalue weighted by Gasteiger charge is -2.37. The second kappa shape index (κ2) is 5.31. The van der Waals surface area contributed by atoms with Gasteiger partial charge in [-0.15, -0.1) is 12.4 Å². The Morgan fingerprint density at radius 1 is 1.43 bits per heavy atom. The molecule has 4 heteroatoms. The minimum Gasteiger partial charge on any atom is -0.374 e. The molecule has 2 rings (SSSR count). The van der Waals surface area contributed by atoms with E-state index in [1.165, 1.54) is 6.54 Å². The maximum atomic E-state index is 5.71. The molecule has 0 aromatic carbocycles. The lowest BCUT2D eigenvalue weighted by atomic mass is 10.1. The first kappa shape index (κ1) is 12.2. The maximum absolute atomic E-state index is 5.71. The zero-order chi connectivity index (χ0) is 9.26. The minimum atomic E-state index is 0. The number of nitrogens with zero attached hydrogens (tertiary/aromatic N) is 1. The summed E-state index contributed by atoms with van der Waals surface area (Å²) in [7, 11) is 0. The summed E-state index contributed by atoms with van der Waals surface area (Å²) in [5.74, 6) is 0.763.